The maximum absolute atomic E-state index is 12.7. The van der Waals surface area contributed by atoms with Gasteiger partial charge >= 0.3 is 6.18 Å². The Balaban J connectivity index is 2.22. The van der Waals surface area contributed by atoms with Gasteiger partial charge in [-0.3, -0.25) is 0 Å². The molecule has 1 fully saturated rings. The van der Waals surface area contributed by atoms with Gasteiger partial charge < -0.3 is 5.32 Å². The maximum atomic E-state index is 12.7. The van der Waals surface area contributed by atoms with Crippen molar-refractivity contribution in [3.05, 3.63) is 35.4 Å². The summed E-state index contributed by atoms with van der Waals surface area (Å²) >= 11 is 0. The molecular weight excluding hydrogens is 239 g/mol. The summed E-state index contributed by atoms with van der Waals surface area (Å²) in [5.74, 6) is 0.215. The molecular formula is C14H18F3N. The highest BCUT2D eigenvalue weighted by molar-refractivity contribution is 5.30. The van der Waals surface area contributed by atoms with E-state index in [-0.39, 0.29) is 5.92 Å². The Kier molecular flexibility index (Phi) is 3.95. The Morgan fingerprint density at radius 3 is 2.72 bits per heavy atom. The van der Waals surface area contributed by atoms with Gasteiger partial charge in [0.25, 0.3) is 0 Å². The fraction of sp³-hybridized carbons (Fsp3) is 0.571. The van der Waals surface area contributed by atoms with Crippen LogP contribution in [0.2, 0.25) is 0 Å². The molecule has 0 radical (unpaired) electrons. The van der Waals surface area contributed by atoms with E-state index < -0.39 is 11.7 Å². The number of benzene rings is 1. The Morgan fingerprint density at radius 2 is 2.06 bits per heavy atom. The summed E-state index contributed by atoms with van der Waals surface area (Å²) in [4.78, 5) is 0. The van der Waals surface area contributed by atoms with Crippen molar-refractivity contribution in [3.63, 3.8) is 0 Å². The van der Waals surface area contributed by atoms with Crippen LogP contribution in [0.25, 0.3) is 0 Å². The van der Waals surface area contributed by atoms with E-state index in [9.17, 15) is 13.2 Å². The molecule has 0 spiro atoms. The van der Waals surface area contributed by atoms with Gasteiger partial charge in [0.05, 0.1) is 5.56 Å². The van der Waals surface area contributed by atoms with Crippen molar-refractivity contribution in [3.8, 4) is 0 Å². The zero-order chi connectivity index (χ0) is 13.2. The minimum absolute atomic E-state index is 0.215. The molecule has 1 saturated carbocycles. The highest BCUT2D eigenvalue weighted by Gasteiger charge is 2.33. The van der Waals surface area contributed by atoms with Crippen molar-refractivity contribution < 1.29 is 13.2 Å². The van der Waals surface area contributed by atoms with Gasteiger partial charge in [-0.25, -0.2) is 0 Å². The van der Waals surface area contributed by atoms with E-state index in [0.717, 1.165) is 37.4 Å². The molecule has 4 heteroatoms. The van der Waals surface area contributed by atoms with Gasteiger partial charge in [-0.05, 0) is 36.9 Å². The first-order valence-corrected chi connectivity index (χ1v) is 6.43. The lowest BCUT2D eigenvalue weighted by molar-refractivity contribution is -0.137. The van der Waals surface area contributed by atoms with Crippen LogP contribution >= 0.6 is 0 Å². The SMILES string of the molecule is CCNC1CCCC1c1cccc(C(F)(F)F)c1. The number of alkyl halides is 3. The average molecular weight is 257 g/mol. The normalized spacial score (nSPS) is 24.4. The molecule has 1 N–H and O–H groups in total. The summed E-state index contributed by atoms with van der Waals surface area (Å²) < 4.78 is 38.1. The Hall–Kier alpha value is -1.03. The van der Waals surface area contributed by atoms with Gasteiger partial charge in [-0.15, -0.1) is 0 Å². The average Bonchev–Trinajstić information content (AvgIpc) is 2.77. The van der Waals surface area contributed by atoms with E-state index in [0.29, 0.717) is 6.04 Å². The second-order valence-electron chi connectivity index (χ2n) is 4.82. The molecule has 0 bridgehead atoms. The van der Waals surface area contributed by atoms with E-state index >= 15 is 0 Å². The number of halogens is 3. The monoisotopic (exact) mass is 257 g/mol. The zero-order valence-electron chi connectivity index (χ0n) is 10.4. The second kappa shape index (κ2) is 5.31. The van der Waals surface area contributed by atoms with E-state index in [2.05, 4.69) is 5.32 Å². The van der Waals surface area contributed by atoms with Crippen LogP contribution in [0.3, 0.4) is 0 Å². The third-order valence-electron chi connectivity index (χ3n) is 3.62. The topological polar surface area (TPSA) is 12.0 Å². The molecule has 1 aliphatic rings. The van der Waals surface area contributed by atoms with Crippen LogP contribution in [0.15, 0.2) is 24.3 Å². The first kappa shape index (κ1) is 13.4. The van der Waals surface area contributed by atoms with Gasteiger partial charge in [0.1, 0.15) is 0 Å². The van der Waals surface area contributed by atoms with Crippen LogP contribution in [0, 0.1) is 0 Å². The number of hydrogen-bond acceptors (Lipinski definition) is 1. The zero-order valence-corrected chi connectivity index (χ0v) is 10.4. The van der Waals surface area contributed by atoms with Gasteiger partial charge in [0.15, 0.2) is 0 Å². The first-order valence-electron chi connectivity index (χ1n) is 6.43. The third-order valence-corrected chi connectivity index (χ3v) is 3.62. The van der Waals surface area contributed by atoms with Crippen LogP contribution in [-0.2, 0) is 6.18 Å². The predicted molar refractivity (Wildman–Crippen MR) is 65.5 cm³/mol. The molecule has 1 aromatic rings. The lowest BCUT2D eigenvalue weighted by Crippen LogP contribution is -2.31. The van der Waals surface area contributed by atoms with Crippen LogP contribution in [0.1, 0.15) is 43.2 Å². The fourth-order valence-corrected chi connectivity index (χ4v) is 2.81. The van der Waals surface area contributed by atoms with Crippen molar-refractivity contribution in [1.82, 2.24) is 5.32 Å². The molecule has 2 unspecified atom stereocenters. The third kappa shape index (κ3) is 2.86. The first-order chi connectivity index (χ1) is 8.52. The summed E-state index contributed by atoms with van der Waals surface area (Å²) in [7, 11) is 0. The van der Waals surface area contributed by atoms with Crippen molar-refractivity contribution in [2.75, 3.05) is 6.54 Å². The van der Waals surface area contributed by atoms with Gasteiger partial charge in [0.2, 0.25) is 0 Å². The Bertz CT molecular complexity index is 400. The molecule has 1 aromatic carbocycles. The standard InChI is InChI=1S/C14H18F3N/c1-2-18-13-8-4-7-12(13)10-5-3-6-11(9-10)14(15,16)17/h3,5-6,9,12-13,18H,2,4,7-8H2,1H3. The molecule has 0 aromatic heterocycles. The van der Waals surface area contributed by atoms with Crippen LogP contribution in [0.4, 0.5) is 13.2 Å². The Labute approximate surface area is 105 Å². The molecule has 1 aliphatic carbocycles. The second-order valence-corrected chi connectivity index (χ2v) is 4.82. The van der Waals surface area contributed by atoms with Crippen molar-refractivity contribution in [1.29, 1.82) is 0 Å². The smallest absolute Gasteiger partial charge is 0.314 e. The molecule has 2 atom stereocenters. The quantitative estimate of drug-likeness (QED) is 0.864. The molecule has 1 nitrogen and oxygen atoms in total. The number of likely N-dealkylation sites (N-methyl/N-ethyl adjacent to an activating group) is 1. The lowest BCUT2D eigenvalue weighted by atomic mass is 9.92. The van der Waals surface area contributed by atoms with Gasteiger partial charge in [-0.2, -0.15) is 13.2 Å². The minimum atomic E-state index is -4.25. The molecule has 0 heterocycles. The number of rotatable bonds is 3. The molecule has 18 heavy (non-hydrogen) atoms. The highest BCUT2D eigenvalue weighted by atomic mass is 19.4. The summed E-state index contributed by atoms with van der Waals surface area (Å²) in [6.07, 6.45) is -1.14. The largest absolute Gasteiger partial charge is 0.416 e. The van der Waals surface area contributed by atoms with E-state index in [1.54, 1.807) is 0 Å². The lowest BCUT2D eigenvalue weighted by Gasteiger charge is -2.21. The van der Waals surface area contributed by atoms with E-state index in [4.69, 9.17) is 0 Å². The fourth-order valence-electron chi connectivity index (χ4n) is 2.81. The summed E-state index contributed by atoms with van der Waals surface area (Å²) in [5.41, 5.74) is 0.274. The van der Waals surface area contributed by atoms with E-state index in [1.807, 2.05) is 13.0 Å². The molecule has 2 rings (SSSR count). The Morgan fingerprint density at radius 1 is 1.28 bits per heavy atom. The van der Waals surface area contributed by atoms with E-state index in [1.165, 1.54) is 12.1 Å². The minimum Gasteiger partial charge on any atom is -0.314 e. The van der Waals surface area contributed by atoms with Crippen molar-refractivity contribution in [2.24, 2.45) is 0 Å². The van der Waals surface area contributed by atoms with Crippen molar-refractivity contribution in [2.45, 2.75) is 44.3 Å². The van der Waals surface area contributed by atoms with Crippen molar-refractivity contribution >= 4 is 0 Å². The molecule has 0 saturated heterocycles. The van der Waals surface area contributed by atoms with Crippen LogP contribution in [0.5, 0.6) is 0 Å². The highest BCUT2D eigenvalue weighted by Crippen LogP contribution is 2.37. The molecule has 100 valence electrons. The van der Waals surface area contributed by atoms with Crippen LogP contribution < -0.4 is 5.32 Å². The molecule has 0 aliphatic heterocycles. The maximum Gasteiger partial charge on any atom is 0.416 e. The molecule has 0 amide bonds. The van der Waals surface area contributed by atoms with Gasteiger partial charge in [-0.1, -0.05) is 31.5 Å². The summed E-state index contributed by atoms with van der Waals surface area (Å²) in [5, 5.41) is 3.37. The number of hydrogen-bond donors (Lipinski definition) is 1. The predicted octanol–water partition coefficient (Wildman–Crippen LogP) is 3.95. The number of nitrogens with one attached hydrogen (secondary N) is 1. The van der Waals surface area contributed by atoms with Crippen LogP contribution in [-0.4, -0.2) is 12.6 Å². The summed E-state index contributed by atoms with van der Waals surface area (Å²) in [6.45, 7) is 2.89. The summed E-state index contributed by atoms with van der Waals surface area (Å²) in [6, 6.07) is 6.09. The van der Waals surface area contributed by atoms with Gasteiger partial charge in [0, 0.05) is 6.04 Å².